The summed E-state index contributed by atoms with van der Waals surface area (Å²) in [6.45, 7) is 3.76. The fourth-order valence-corrected chi connectivity index (χ4v) is 3.68. The van der Waals surface area contributed by atoms with Crippen LogP contribution in [0.3, 0.4) is 0 Å². The summed E-state index contributed by atoms with van der Waals surface area (Å²) in [5.74, 6) is 0.485. The van der Waals surface area contributed by atoms with Crippen LogP contribution in [0.5, 0.6) is 0 Å². The predicted molar refractivity (Wildman–Crippen MR) is 112 cm³/mol. The molecule has 2 fully saturated rings. The Hall–Kier alpha value is -3.22. The molecule has 30 heavy (non-hydrogen) atoms. The van der Waals surface area contributed by atoms with Crippen molar-refractivity contribution >= 4 is 28.6 Å². The number of nitrogens with one attached hydrogen (secondary N) is 2. The lowest BCUT2D eigenvalue weighted by atomic mass is 10.0. The Kier molecular flexibility index (Phi) is 4.53. The average Bonchev–Trinajstić information content (AvgIpc) is 3.65. The van der Waals surface area contributed by atoms with Crippen molar-refractivity contribution in [1.82, 2.24) is 15.5 Å². The number of carbonyl (C=O) groups is 2. The molecule has 2 aliphatic rings. The van der Waals surface area contributed by atoms with E-state index >= 15 is 0 Å². The highest BCUT2D eigenvalue weighted by Gasteiger charge is 2.30. The number of hydrogen-bond donors (Lipinski definition) is 2. The van der Waals surface area contributed by atoms with E-state index in [1.165, 1.54) is 0 Å². The average molecular weight is 404 g/mol. The van der Waals surface area contributed by atoms with Crippen molar-refractivity contribution in [1.29, 1.82) is 0 Å². The second-order valence-electron chi connectivity index (χ2n) is 8.40. The molecule has 0 spiro atoms. The molecule has 1 atom stereocenters. The summed E-state index contributed by atoms with van der Waals surface area (Å²) in [5, 5.41) is 10.7. The molecule has 2 saturated carbocycles. The molecular formula is C23H24N4O3. The van der Waals surface area contributed by atoms with Crippen LogP contribution in [0, 0.1) is 12.8 Å². The molecule has 2 heterocycles. The Bertz CT molecular complexity index is 1130. The van der Waals surface area contributed by atoms with Crippen LogP contribution in [-0.2, 0) is 4.79 Å². The van der Waals surface area contributed by atoms with Crippen LogP contribution in [0.4, 0.5) is 5.69 Å². The van der Waals surface area contributed by atoms with E-state index in [2.05, 4.69) is 20.8 Å². The number of pyridine rings is 1. The molecule has 7 heteroatoms. The standard InChI is InChI=1S/C23H24N4O3/c1-12(14-7-9-17(10-8-14)25-21(28)16-5-6-16)24-22(29)18-11-19(15-3-4-15)26-23-20(18)13(2)27-30-23/h7-12,15-16H,3-6H2,1-2H3,(H,24,29)(H,25,28). The molecule has 0 bridgehead atoms. The highest BCUT2D eigenvalue weighted by atomic mass is 16.5. The zero-order valence-electron chi connectivity index (χ0n) is 17.1. The van der Waals surface area contributed by atoms with E-state index in [1.807, 2.05) is 44.2 Å². The Labute approximate surface area is 174 Å². The zero-order valence-corrected chi connectivity index (χ0v) is 17.1. The van der Waals surface area contributed by atoms with Gasteiger partial charge in [0.05, 0.1) is 22.7 Å². The van der Waals surface area contributed by atoms with Crippen LogP contribution in [0.2, 0.25) is 0 Å². The number of anilines is 1. The number of aryl methyl sites for hydroxylation is 1. The van der Waals surface area contributed by atoms with Crippen molar-refractivity contribution in [2.24, 2.45) is 5.92 Å². The normalized spacial score (nSPS) is 17.0. The van der Waals surface area contributed by atoms with Crippen LogP contribution in [-0.4, -0.2) is 22.0 Å². The maximum atomic E-state index is 13.1. The van der Waals surface area contributed by atoms with Crippen molar-refractivity contribution in [3.63, 3.8) is 0 Å². The van der Waals surface area contributed by atoms with E-state index in [1.54, 1.807) is 0 Å². The van der Waals surface area contributed by atoms with Gasteiger partial charge >= 0.3 is 0 Å². The van der Waals surface area contributed by atoms with E-state index in [9.17, 15) is 9.59 Å². The van der Waals surface area contributed by atoms with Crippen molar-refractivity contribution < 1.29 is 14.1 Å². The van der Waals surface area contributed by atoms with Gasteiger partial charge in [0.25, 0.3) is 11.6 Å². The van der Waals surface area contributed by atoms with E-state index in [4.69, 9.17) is 4.52 Å². The van der Waals surface area contributed by atoms with Gasteiger partial charge in [-0.1, -0.05) is 17.3 Å². The molecule has 1 unspecified atom stereocenters. The molecule has 0 radical (unpaired) electrons. The van der Waals surface area contributed by atoms with Gasteiger partial charge in [-0.05, 0) is 63.3 Å². The smallest absolute Gasteiger partial charge is 0.259 e. The Morgan fingerprint density at radius 1 is 1.13 bits per heavy atom. The molecule has 5 rings (SSSR count). The van der Waals surface area contributed by atoms with Gasteiger partial charge in [0.2, 0.25) is 5.91 Å². The summed E-state index contributed by atoms with van der Waals surface area (Å²) in [4.78, 5) is 29.6. The van der Waals surface area contributed by atoms with Gasteiger partial charge in [0, 0.05) is 23.2 Å². The third-order valence-electron chi connectivity index (χ3n) is 5.85. The first kappa shape index (κ1) is 18.8. The summed E-state index contributed by atoms with van der Waals surface area (Å²) in [6, 6.07) is 9.28. The van der Waals surface area contributed by atoms with Gasteiger partial charge in [0.1, 0.15) is 0 Å². The third-order valence-corrected chi connectivity index (χ3v) is 5.85. The lowest BCUT2D eigenvalue weighted by Crippen LogP contribution is -2.27. The summed E-state index contributed by atoms with van der Waals surface area (Å²) in [7, 11) is 0. The van der Waals surface area contributed by atoms with Crippen LogP contribution in [0.25, 0.3) is 11.1 Å². The minimum absolute atomic E-state index is 0.0846. The van der Waals surface area contributed by atoms with Gasteiger partial charge in [0.15, 0.2) is 0 Å². The van der Waals surface area contributed by atoms with Gasteiger partial charge in [-0.15, -0.1) is 0 Å². The highest BCUT2D eigenvalue weighted by molar-refractivity contribution is 6.06. The maximum Gasteiger partial charge on any atom is 0.259 e. The molecule has 154 valence electrons. The van der Waals surface area contributed by atoms with E-state index in [0.29, 0.717) is 28.3 Å². The lowest BCUT2D eigenvalue weighted by molar-refractivity contribution is -0.117. The topological polar surface area (TPSA) is 97.1 Å². The lowest BCUT2D eigenvalue weighted by Gasteiger charge is -2.16. The number of amides is 2. The molecule has 1 aromatic carbocycles. The van der Waals surface area contributed by atoms with Gasteiger partial charge in [-0.2, -0.15) is 0 Å². The first-order chi connectivity index (χ1) is 14.5. The highest BCUT2D eigenvalue weighted by Crippen LogP contribution is 2.40. The first-order valence-corrected chi connectivity index (χ1v) is 10.5. The second kappa shape index (κ2) is 7.23. The monoisotopic (exact) mass is 404 g/mol. The molecule has 0 saturated heterocycles. The zero-order chi connectivity index (χ0) is 20.8. The summed E-state index contributed by atoms with van der Waals surface area (Å²) >= 11 is 0. The van der Waals surface area contributed by atoms with Crippen LogP contribution < -0.4 is 10.6 Å². The van der Waals surface area contributed by atoms with Crippen molar-refractivity contribution in [3.8, 4) is 0 Å². The SMILES string of the molecule is Cc1noc2nc(C3CC3)cc(C(=O)NC(C)c3ccc(NC(=O)C4CC4)cc3)c12. The van der Waals surface area contributed by atoms with Crippen LogP contribution in [0.15, 0.2) is 34.9 Å². The quantitative estimate of drug-likeness (QED) is 0.640. The van der Waals surface area contributed by atoms with Crippen LogP contribution in [0.1, 0.15) is 71.9 Å². The Morgan fingerprint density at radius 3 is 2.53 bits per heavy atom. The van der Waals surface area contributed by atoms with E-state index < -0.39 is 0 Å². The Morgan fingerprint density at radius 2 is 1.87 bits per heavy atom. The number of hydrogen-bond acceptors (Lipinski definition) is 5. The number of fused-ring (bicyclic) bond motifs is 1. The fraction of sp³-hybridized carbons (Fsp3) is 0.391. The van der Waals surface area contributed by atoms with Gasteiger partial charge in [-0.25, -0.2) is 4.98 Å². The fourth-order valence-electron chi connectivity index (χ4n) is 3.68. The van der Waals surface area contributed by atoms with Crippen molar-refractivity contribution in [2.45, 2.75) is 51.5 Å². The number of benzene rings is 1. The predicted octanol–water partition coefficient (Wildman–Crippen LogP) is 4.25. The third kappa shape index (κ3) is 3.67. The second-order valence-corrected chi connectivity index (χ2v) is 8.40. The van der Waals surface area contributed by atoms with Crippen LogP contribution >= 0.6 is 0 Å². The number of rotatable bonds is 6. The number of carbonyl (C=O) groups excluding carboxylic acids is 2. The largest absolute Gasteiger partial charge is 0.345 e. The first-order valence-electron chi connectivity index (χ1n) is 10.5. The summed E-state index contributed by atoms with van der Waals surface area (Å²) in [6.07, 6.45) is 4.13. The van der Waals surface area contributed by atoms with Crippen molar-refractivity contribution in [3.05, 3.63) is 52.8 Å². The van der Waals surface area contributed by atoms with E-state index in [-0.39, 0.29) is 23.8 Å². The molecular weight excluding hydrogens is 380 g/mol. The maximum absolute atomic E-state index is 13.1. The minimum Gasteiger partial charge on any atom is -0.345 e. The van der Waals surface area contributed by atoms with Gasteiger partial charge < -0.3 is 15.2 Å². The molecule has 2 N–H and O–H groups in total. The Balaban J connectivity index is 1.33. The summed E-state index contributed by atoms with van der Waals surface area (Å²) < 4.78 is 5.34. The van der Waals surface area contributed by atoms with Gasteiger partial charge in [-0.3, -0.25) is 9.59 Å². The molecule has 2 aliphatic carbocycles. The number of aromatic nitrogens is 2. The molecule has 0 aliphatic heterocycles. The minimum atomic E-state index is -0.196. The molecule has 7 nitrogen and oxygen atoms in total. The van der Waals surface area contributed by atoms with Crippen molar-refractivity contribution in [2.75, 3.05) is 5.32 Å². The van der Waals surface area contributed by atoms with E-state index in [0.717, 1.165) is 42.6 Å². The number of nitrogens with zero attached hydrogens (tertiary/aromatic N) is 2. The molecule has 2 aromatic heterocycles. The molecule has 2 amide bonds. The molecule has 3 aromatic rings. The summed E-state index contributed by atoms with van der Waals surface area (Å²) in [5.41, 5.74) is 4.27.